The zero-order chi connectivity index (χ0) is 14.1. The van der Waals surface area contributed by atoms with Gasteiger partial charge in [-0.3, -0.25) is 9.69 Å². The van der Waals surface area contributed by atoms with Gasteiger partial charge in [-0.2, -0.15) is 0 Å². The van der Waals surface area contributed by atoms with Gasteiger partial charge in [-0.15, -0.1) is 0 Å². The number of likely N-dealkylation sites (tertiary alicyclic amines) is 1. The molecule has 0 radical (unpaired) electrons. The van der Waals surface area contributed by atoms with Crippen molar-refractivity contribution < 1.29 is 9.53 Å². The molecule has 1 aliphatic heterocycles. The number of piperidine rings is 1. The summed E-state index contributed by atoms with van der Waals surface area (Å²) in [5.74, 6) is 0.145. The highest BCUT2D eigenvalue weighted by atomic mass is 16.5. The van der Waals surface area contributed by atoms with E-state index in [4.69, 9.17) is 4.74 Å². The van der Waals surface area contributed by atoms with E-state index in [2.05, 4.69) is 15.5 Å². The molecule has 1 fully saturated rings. The second-order valence-electron chi connectivity index (χ2n) is 5.15. The average molecular weight is 271 g/mol. The van der Waals surface area contributed by atoms with Gasteiger partial charge in [0.25, 0.3) is 0 Å². The molecule has 0 aromatic rings. The van der Waals surface area contributed by atoms with Gasteiger partial charge >= 0.3 is 0 Å². The average Bonchev–Trinajstić information content (AvgIpc) is 2.43. The SMILES string of the molecule is CCNC(=O)C(C)N1CCCCC1CNCCOC. The van der Waals surface area contributed by atoms with Crippen LogP contribution in [0.5, 0.6) is 0 Å². The van der Waals surface area contributed by atoms with Gasteiger partial charge in [0.05, 0.1) is 12.6 Å². The number of hydrogen-bond acceptors (Lipinski definition) is 4. The van der Waals surface area contributed by atoms with Crippen LogP contribution in [0.25, 0.3) is 0 Å². The molecule has 0 saturated carbocycles. The van der Waals surface area contributed by atoms with Gasteiger partial charge in [-0.05, 0) is 33.2 Å². The molecule has 1 heterocycles. The van der Waals surface area contributed by atoms with E-state index in [0.717, 1.165) is 26.2 Å². The third-order valence-corrected chi connectivity index (χ3v) is 3.76. The summed E-state index contributed by atoms with van der Waals surface area (Å²) < 4.78 is 5.04. The van der Waals surface area contributed by atoms with E-state index in [0.29, 0.717) is 12.6 Å². The Morgan fingerprint density at radius 3 is 2.95 bits per heavy atom. The van der Waals surface area contributed by atoms with Gasteiger partial charge in [0.1, 0.15) is 0 Å². The monoisotopic (exact) mass is 271 g/mol. The van der Waals surface area contributed by atoms with Crippen LogP contribution in [0.15, 0.2) is 0 Å². The first-order chi connectivity index (χ1) is 9.20. The summed E-state index contributed by atoms with van der Waals surface area (Å²) in [5, 5.41) is 6.33. The Balaban J connectivity index is 2.44. The first-order valence-corrected chi connectivity index (χ1v) is 7.43. The van der Waals surface area contributed by atoms with Crippen molar-refractivity contribution in [2.45, 2.75) is 45.2 Å². The summed E-state index contributed by atoms with van der Waals surface area (Å²) in [6.45, 7) is 8.24. The molecule has 0 aromatic carbocycles. The summed E-state index contributed by atoms with van der Waals surface area (Å²) in [6, 6.07) is 0.428. The van der Waals surface area contributed by atoms with Crippen molar-refractivity contribution in [2.75, 3.05) is 39.9 Å². The molecular weight excluding hydrogens is 242 g/mol. The fourth-order valence-corrected chi connectivity index (χ4v) is 2.67. The Labute approximate surface area is 117 Å². The van der Waals surface area contributed by atoms with Crippen molar-refractivity contribution in [3.05, 3.63) is 0 Å². The van der Waals surface area contributed by atoms with Crippen LogP contribution in [0.2, 0.25) is 0 Å². The second kappa shape index (κ2) is 9.28. The van der Waals surface area contributed by atoms with Crippen molar-refractivity contribution in [2.24, 2.45) is 0 Å². The summed E-state index contributed by atoms with van der Waals surface area (Å²) in [4.78, 5) is 14.3. The molecule has 112 valence electrons. The van der Waals surface area contributed by atoms with Gasteiger partial charge in [0.2, 0.25) is 5.91 Å². The minimum Gasteiger partial charge on any atom is -0.383 e. The summed E-state index contributed by atoms with van der Waals surface area (Å²) in [5.41, 5.74) is 0. The molecule has 1 rings (SSSR count). The molecule has 1 saturated heterocycles. The van der Waals surface area contributed by atoms with E-state index in [9.17, 15) is 4.79 Å². The minimum absolute atomic E-state index is 0.0329. The minimum atomic E-state index is -0.0329. The smallest absolute Gasteiger partial charge is 0.237 e. The molecule has 0 bridgehead atoms. The number of amides is 1. The molecule has 2 N–H and O–H groups in total. The lowest BCUT2D eigenvalue weighted by Gasteiger charge is -2.39. The standard InChI is InChI=1S/C14H29N3O2/c1-4-16-14(18)12(2)17-9-6-5-7-13(17)11-15-8-10-19-3/h12-13,15H,4-11H2,1-3H3,(H,16,18). The summed E-state index contributed by atoms with van der Waals surface area (Å²) >= 11 is 0. The molecule has 0 aromatic heterocycles. The third-order valence-electron chi connectivity index (χ3n) is 3.76. The van der Waals surface area contributed by atoms with Crippen LogP contribution >= 0.6 is 0 Å². The lowest BCUT2D eigenvalue weighted by Crippen LogP contribution is -2.54. The molecule has 0 spiro atoms. The molecule has 1 amide bonds. The maximum atomic E-state index is 12.0. The number of carbonyl (C=O) groups excluding carboxylic acids is 1. The first kappa shape index (κ1) is 16.4. The van der Waals surface area contributed by atoms with Crippen LogP contribution in [0.4, 0.5) is 0 Å². The van der Waals surface area contributed by atoms with E-state index < -0.39 is 0 Å². The van der Waals surface area contributed by atoms with Crippen molar-refractivity contribution in [3.8, 4) is 0 Å². The number of rotatable bonds is 8. The Morgan fingerprint density at radius 2 is 2.26 bits per heavy atom. The molecule has 5 heteroatoms. The van der Waals surface area contributed by atoms with Gasteiger partial charge in [0, 0.05) is 32.8 Å². The van der Waals surface area contributed by atoms with E-state index in [-0.39, 0.29) is 11.9 Å². The molecular formula is C14H29N3O2. The number of ether oxygens (including phenoxy) is 1. The maximum Gasteiger partial charge on any atom is 0.237 e. The van der Waals surface area contributed by atoms with Gasteiger partial charge in [0.15, 0.2) is 0 Å². The van der Waals surface area contributed by atoms with Gasteiger partial charge in [-0.1, -0.05) is 6.42 Å². The molecule has 0 aliphatic carbocycles. The number of methoxy groups -OCH3 is 1. The zero-order valence-corrected chi connectivity index (χ0v) is 12.6. The lowest BCUT2D eigenvalue weighted by atomic mass is 9.99. The molecule has 5 nitrogen and oxygen atoms in total. The number of likely N-dealkylation sites (N-methyl/N-ethyl adjacent to an activating group) is 1. The van der Waals surface area contributed by atoms with Crippen LogP contribution < -0.4 is 10.6 Å². The number of carbonyl (C=O) groups is 1. The highest BCUT2D eigenvalue weighted by molar-refractivity contribution is 5.81. The first-order valence-electron chi connectivity index (χ1n) is 7.43. The molecule has 19 heavy (non-hydrogen) atoms. The van der Waals surface area contributed by atoms with E-state index in [1.807, 2.05) is 13.8 Å². The Hall–Kier alpha value is -0.650. The normalized spacial score (nSPS) is 22.2. The molecule has 2 unspecified atom stereocenters. The van der Waals surface area contributed by atoms with E-state index in [1.165, 1.54) is 19.3 Å². The van der Waals surface area contributed by atoms with Gasteiger partial charge < -0.3 is 15.4 Å². The highest BCUT2D eigenvalue weighted by Crippen LogP contribution is 2.19. The Kier molecular flexibility index (Phi) is 8.02. The molecule has 2 atom stereocenters. The van der Waals surface area contributed by atoms with Crippen LogP contribution in [0, 0.1) is 0 Å². The van der Waals surface area contributed by atoms with Crippen LogP contribution in [0.1, 0.15) is 33.1 Å². The largest absolute Gasteiger partial charge is 0.383 e. The van der Waals surface area contributed by atoms with Crippen molar-refractivity contribution >= 4 is 5.91 Å². The number of hydrogen-bond donors (Lipinski definition) is 2. The summed E-state index contributed by atoms with van der Waals surface area (Å²) in [6.07, 6.45) is 3.62. The Morgan fingerprint density at radius 1 is 1.47 bits per heavy atom. The topological polar surface area (TPSA) is 53.6 Å². The lowest BCUT2D eigenvalue weighted by molar-refractivity contribution is -0.127. The van der Waals surface area contributed by atoms with Gasteiger partial charge in [-0.25, -0.2) is 0 Å². The van der Waals surface area contributed by atoms with Crippen LogP contribution in [0.3, 0.4) is 0 Å². The van der Waals surface area contributed by atoms with Crippen LogP contribution in [-0.4, -0.2) is 62.8 Å². The van der Waals surface area contributed by atoms with Crippen LogP contribution in [-0.2, 0) is 9.53 Å². The Bertz CT molecular complexity index is 261. The predicted molar refractivity (Wildman–Crippen MR) is 77.2 cm³/mol. The quantitative estimate of drug-likeness (QED) is 0.635. The third kappa shape index (κ3) is 5.47. The van der Waals surface area contributed by atoms with Crippen molar-refractivity contribution in [1.29, 1.82) is 0 Å². The van der Waals surface area contributed by atoms with E-state index in [1.54, 1.807) is 7.11 Å². The fourth-order valence-electron chi connectivity index (χ4n) is 2.67. The maximum absolute atomic E-state index is 12.0. The predicted octanol–water partition coefficient (Wildman–Crippen LogP) is 0.602. The van der Waals surface area contributed by atoms with E-state index >= 15 is 0 Å². The zero-order valence-electron chi connectivity index (χ0n) is 12.6. The number of nitrogens with one attached hydrogen (secondary N) is 2. The highest BCUT2D eigenvalue weighted by Gasteiger charge is 2.29. The number of nitrogens with zero attached hydrogens (tertiary/aromatic N) is 1. The van der Waals surface area contributed by atoms with Crippen molar-refractivity contribution in [1.82, 2.24) is 15.5 Å². The molecule has 1 aliphatic rings. The summed E-state index contributed by atoms with van der Waals surface area (Å²) in [7, 11) is 1.71. The fraction of sp³-hybridized carbons (Fsp3) is 0.929. The van der Waals surface area contributed by atoms with Crippen molar-refractivity contribution in [3.63, 3.8) is 0 Å². The second-order valence-corrected chi connectivity index (χ2v) is 5.15.